The average Bonchev–Trinajstić information content (AvgIpc) is 3.24. The normalized spacial score (nSPS) is 12.9. The van der Waals surface area contributed by atoms with E-state index in [1.54, 1.807) is 47.1 Å². The molecule has 2 aromatic heterocycles. The molecule has 160 valence electrons. The average molecular weight is 445 g/mol. The van der Waals surface area contributed by atoms with Crippen molar-refractivity contribution in [2.24, 2.45) is 0 Å². The number of benzene rings is 2. The molecule has 0 saturated carbocycles. The van der Waals surface area contributed by atoms with Crippen molar-refractivity contribution in [2.45, 2.75) is 9.79 Å². The number of fused-ring (bicyclic) bond motifs is 3. The molecule has 0 saturated heterocycles. The zero-order chi connectivity index (χ0) is 22.1. The minimum absolute atomic E-state index is 0.0608. The maximum atomic E-state index is 13.2. The Hall–Kier alpha value is -3.62. The first-order valence-electron chi connectivity index (χ1n) is 10.1. The van der Waals surface area contributed by atoms with E-state index in [2.05, 4.69) is 10.3 Å². The molecule has 3 heterocycles. The molecule has 4 aromatic rings. The highest BCUT2D eigenvalue weighted by atomic mass is 32.2. The lowest BCUT2D eigenvalue weighted by Gasteiger charge is -2.23. The van der Waals surface area contributed by atoms with Gasteiger partial charge in [0.05, 0.1) is 23.4 Å². The van der Waals surface area contributed by atoms with Gasteiger partial charge in [0.1, 0.15) is 5.65 Å². The number of nitrogens with one attached hydrogen (secondary N) is 1. The van der Waals surface area contributed by atoms with E-state index in [0.717, 1.165) is 21.1 Å². The van der Waals surface area contributed by atoms with Crippen LogP contribution in [0.4, 0.5) is 11.4 Å². The number of aromatic nitrogens is 2. The van der Waals surface area contributed by atoms with Crippen LogP contribution in [0.5, 0.6) is 0 Å². The molecule has 0 atom stereocenters. The first kappa shape index (κ1) is 20.3. The minimum Gasteiger partial charge on any atom is -0.383 e. The Bertz CT molecular complexity index is 1330. The zero-order valence-electron chi connectivity index (χ0n) is 17.3. The van der Waals surface area contributed by atoms with Gasteiger partial charge < -0.3 is 19.4 Å². The molecule has 0 unspecified atom stereocenters. The number of imidazole rings is 1. The first-order chi connectivity index (χ1) is 15.6. The summed E-state index contributed by atoms with van der Waals surface area (Å²) in [6, 6.07) is 16.7. The lowest BCUT2D eigenvalue weighted by Crippen LogP contribution is -2.33. The summed E-state index contributed by atoms with van der Waals surface area (Å²) in [5.41, 5.74) is 3.42. The van der Waals surface area contributed by atoms with Gasteiger partial charge >= 0.3 is 0 Å². The third kappa shape index (κ3) is 3.74. The SMILES string of the molecule is COCCN1C(=O)c2ccccc2Sc2cc(NC(=O)c3ccc4nccn4c3)ccc21. The molecule has 1 aliphatic rings. The van der Waals surface area contributed by atoms with Crippen LogP contribution in [-0.4, -0.2) is 41.5 Å². The van der Waals surface area contributed by atoms with E-state index in [-0.39, 0.29) is 11.8 Å². The predicted octanol–water partition coefficient (Wildman–Crippen LogP) is 4.34. The highest BCUT2D eigenvalue weighted by Gasteiger charge is 2.27. The molecule has 2 aromatic carbocycles. The fourth-order valence-electron chi connectivity index (χ4n) is 3.66. The molecule has 0 radical (unpaired) electrons. The van der Waals surface area contributed by atoms with Gasteiger partial charge in [-0.25, -0.2) is 4.98 Å². The van der Waals surface area contributed by atoms with Crippen LogP contribution in [0.3, 0.4) is 0 Å². The summed E-state index contributed by atoms with van der Waals surface area (Å²) in [6.07, 6.45) is 5.24. The van der Waals surface area contributed by atoms with Crippen molar-refractivity contribution in [1.29, 1.82) is 0 Å². The van der Waals surface area contributed by atoms with Crippen LogP contribution in [-0.2, 0) is 4.74 Å². The Morgan fingerprint density at radius 2 is 2.00 bits per heavy atom. The summed E-state index contributed by atoms with van der Waals surface area (Å²) in [5, 5.41) is 2.96. The molecular formula is C24H20N4O3S. The van der Waals surface area contributed by atoms with E-state index < -0.39 is 0 Å². The summed E-state index contributed by atoms with van der Waals surface area (Å²) in [4.78, 5) is 33.8. The maximum Gasteiger partial charge on any atom is 0.259 e. The monoisotopic (exact) mass is 444 g/mol. The van der Waals surface area contributed by atoms with Crippen LogP contribution in [0.2, 0.25) is 0 Å². The Kier molecular flexibility index (Phi) is 5.38. The number of methoxy groups -OCH3 is 1. The molecular weight excluding hydrogens is 424 g/mol. The lowest BCUT2D eigenvalue weighted by molar-refractivity contribution is 0.0972. The molecule has 7 nitrogen and oxygen atoms in total. The summed E-state index contributed by atoms with van der Waals surface area (Å²) in [7, 11) is 1.62. The number of nitrogens with zero attached hydrogens (tertiary/aromatic N) is 3. The van der Waals surface area contributed by atoms with Crippen molar-refractivity contribution >= 4 is 40.6 Å². The van der Waals surface area contributed by atoms with E-state index in [9.17, 15) is 9.59 Å². The number of rotatable bonds is 5. The van der Waals surface area contributed by atoms with Gasteiger partial charge in [0, 0.05) is 47.7 Å². The number of carbonyl (C=O) groups excluding carboxylic acids is 2. The highest BCUT2D eigenvalue weighted by molar-refractivity contribution is 7.99. The fraction of sp³-hybridized carbons (Fsp3) is 0.125. The molecule has 5 rings (SSSR count). The quantitative estimate of drug-likeness (QED) is 0.495. The van der Waals surface area contributed by atoms with Crippen LogP contribution in [0.1, 0.15) is 20.7 Å². The van der Waals surface area contributed by atoms with Gasteiger partial charge in [-0.1, -0.05) is 23.9 Å². The molecule has 0 spiro atoms. The fourth-order valence-corrected chi connectivity index (χ4v) is 4.78. The molecule has 1 N–H and O–H groups in total. The van der Waals surface area contributed by atoms with E-state index in [1.807, 2.05) is 42.5 Å². The third-order valence-corrected chi connectivity index (χ3v) is 6.38. The van der Waals surface area contributed by atoms with Crippen molar-refractivity contribution in [2.75, 3.05) is 30.5 Å². The Morgan fingerprint density at radius 1 is 1.12 bits per heavy atom. The largest absolute Gasteiger partial charge is 0.383 e. The Labute approximate surface area is 189 Å². The number of amides is 2. The van der Waals surface area contributed by atoms with Gasteiger partial charge in [-0.15, -0.1) is 0 Å². The Morgan fingerprint density at radius 3 is 2.88 bits per heavy atom. The number of carbonyl (C=O) groups is 2. The van der Waals surface area contributed by atoms with E-state index in [0.29, 0.717) is 30.0 Å². The van der Waals surface area contributed by atoms with Gasteiger partial charge in [-0.2, -0.15) is 0 Å². The van der Waals surface area contributed by atoms with Crippen LogP contribution in [0.15, 0.2) is 83.0 Å². The van der Waals surface area contributed by atoms with Crippen molar-refractivity contribution in [1.82, 2.24) is 9.38 Å². The van der Waals surface area contributed by atoms with Crippen LogP contribution < -0.4 is 10.2 Å². The summed E-state index contributed by atoms with van der Waals surface area (Å²) >= 11 is 1.52. The van der Waals surface area contributed by atoms with Crippen LogP contribution in [0, 0.1) is 0 Å². The standard InChI is InChI=1S/C24H20N4O3S/c1-31-13-12-28-19-8-7-17(14-21(19)32-20-5-3-2-4-18(20)24(28)30)26-23(29)16-6-9-22-25-10-11-27(22)15-16/h2-11,14-15H,12-13H2,1H3,(H,26,29). The van der Waals surface area contributed by atoms with Crippen LogP contribution in [0.25, 0.3) is 5.65 Å². The van der Waals surface area contributed by atoms with Gasteiger partial charge in [0.2, 0.25) is 0 Å². The van der Waals surface area contributed by atoms with Gasteiger partial charge in [0.25, 0.3) is 11.8 Å². The second kappa shape index (κ2) is 8.49. The topological polar surface area (TPSA) is 75.9 Å². The number of pyridine rings is 1. The van der Waals surface area contributed by atoms with Crippen molar-refractivity contribution in [3.63, 3.8) is 0 Å². The third-order valence-electron chi connectivity index (χ3n) is 5.26. The van der Waals surface area contributed by atoms with Gasteiger partial charge in [-0.3, -0.25) is 9.59 Å². The Balaban J connectivity index is 1.47. The molecule has 1 aliphatic heterocycles. The zero-order valence-corrected chi connectivity index (χ0v) is 18.1. The maximum absolute atomic E-state index is 13.2. The summed E-state index contributed by atoms with van der Waals surface area (Å²) in [6.45, 7) is 0.862. The first-order valence-corrected chi connectivity index (χ1v) is 10.9. The van der Waals surface area contributed by atoms with Crippen molar-refractivity contribution < 1.29 is 14.3 Å². The van der Waals surface area contributed by atoms with E-state index >= 15 is 0 Å². The number of anilines is 2. The van der Waals surface area contributed by atoms with Gasteiger partial charge in [0.15, 0.2) is 0 Å². The van der Waals surface area contributed by atoms with Crippen molar-refractivity contribution in [3.05, 3.63) is 84.3 Å². The number of ether oxygens (including phenoxy) is 1. The molecule has 0 bridgehead atoms. The lowest BCUT2D eigenvalue weighted by atomic mass is 10.1. The molecule has 0 aliphatic carbocycles. The molecule has 8 heteroatoms. The predicted molar refractivity (Wildman–Crippen MR) is 124 cm³/mol. The minimum atomic E-state index is -0.216. The van der Waals surface area contributed by atoms with Crippen molar-refractivity contribution in [3.8, 4) is 0 Å². The number of hydrogen-bond acceptors (Lipinski definition) is 5. The molecule has 0 fully saturated rings. The smallest absolute Gasteiger partial charge is 0.259 e. The number of hydrogen-bond donors (Lipinski definition) is 1. The second-order valence-corrected chi connectivity index (χ2v) is 8.38. The van der Waals surface area contributed by atoms with E-state index in [4.69, 9.17) is 4.74 Å². The van der Waals surface area contributed by atoms with Gasteiger partial charge in [-0.05, 0) is 42.5 Å². The van der Waals surface area contributed by atoms with E-state index in [1.165, 1.54) is 11.8 Å². The molecule has 2 amide bonds. The second-order valence-electron chi connectivity index (χ2n) is 7.29. The summed E-state index contributed by atoms with van der Waals surface area (Å²) < 4.78 is 7.03. The summed E-state index contributed by atoms with van der Waals surface area (Å²) in [5.74, 6) is -0.277. The highest BCUT2D eigenvalue weighted by Crippen LogP contribution is 2.42. The molecule has 32 heavy (non-hydrogen) atoms. The van der Waals surface area contributed by atoms with Crippen LogP contribution >= 0.6 is 11.8 Å².